The SMILES string of the molecule is CC.Oc1ccc(Oc2sc3cc(O)ccc3c2-c2ccc([18F])cc2)cc1. The van der Waals surface area contributed by atoms with Gasteiger partial charge in [0.2, 0.25) is 0 Å². The van der Waals surface area contributed by atoms with E-state index in [9.17, 15) is 14.6 Å². The third kappa shape index (κ3) is 4.04. The van der Waals surface area contributed by atoms with Gasteiger partial charge in [0.25, 0.3) is 0 Å². The minimum Gasteiger partial charge on any atom is -0.508 e. The molecule has 0 saturated heterocycles. The van der Waals surface area contributed by atoms with Gasteiger partial charge in [-0.05, 0) is 60.2 Å². The molecule has 3 nitrogen and oxygen atoms in total. The number of aromatic hydroxyl groups is 2. The first-order valence-electron chi connectivity index (χ1n) is 8.58. The van der Waals surface area contributed by atoms with Crippen LogP contribution in [0.1, 0.15) is 13.8 Å². The predicted molar refractivity (Wildman–Crippen MR) is 108 cm³/mol. The Morgan fingerprint density at radius 2 is 1.44 bits per heavy atom. The molecule has 0 aliphatic rings. The zero-order valence-corrected chi connectivity index (χ0v) is 15.8. The molecule has 0 aliphatic carbocycles. The molecular formula is C22H19FO3S. The summed E-state index contributed by atoms with van der Waals surface area (Å²) in [7, 11) is 0. The van der Waals surface area contributed by atoms with Crippen LogP contribution in [0.5, 0.6) is 22.3 Å². The van der Waals surface area contributed by atoms with Gasteiger partial charge in [0.05, 0.1) is 0 Å². The molecule has 4 aromatic rings. The topological polar surface area (TPSA) is 49.7 Å². The molecule has 3 aromatic carbocycles. The van der Waals surface area contributed by atoms with E-state index in [-0.39, 0.29) is 17.3 Å². The van der Waals surface area contributed by atoms with Crippen LogP contribution >= 0.6 is 11.3 Å². The van der Waals surface area contributed by atoms with E-state index >= 15 is 0 Å². The van der Waals surface area contributed by atoms with Crippen molar-refractivity contribution in [3.05, 3.63) is 72.5 Å². The summed E-state index contributed by atoms with van der Waals surface area (Å²) < 4.78 is 20.2. The molecule has 0 unspecified atom stereocenters. The number of hydrogen-bond donors (Lipinski definition) is 2. The Balaban J connectivity index is 0.00000102. The van der Waals surface area contributed by atoms with Gasteiger partial charge in [-0.1, -0.05) is 37.3 Å². The van der Waals surface area contributed by atoms with Crippen molar-refractivity contribution in [2.45, 2.75) is 13.8 Å². The van der Waals surface area contributed by atoms with Crippen molar-refractivity contribution in [2.24, 2.45) is 0 Å². The van der Waals surface area contributed by atoms with Gasteiger partial charge in [-0.25, -0.2) is 4.39 Å². The average Bonchev–Trinajstić information content (AvgIpc) is 3.03. The minimum atomic E-state index is -0.304. The lowest BCUT2D eigenvalue weighted by Crippen LogP contribution is -1.85. The van der Waals surface area contributed by atoms with E-state index < -0.39 is 0 Å². The van der Waals surface area contributed by atoms with Crippen LogP contribution in [-0.4, -0.2) is 10.2 Å². The van der Waals surface area contributed by atoms with Gasteiger partial charge >= 0.3 is 0 Å². The van der Waals surface area contributed by atoms with Crippen LogP contribution in [0.15, 0.2) is 66.7 Å². The van der Waals surface area contributed by atoms with Crippen molar-refractivity contribution in [2.75, 3.05) is 0 Å². The third-order valence-electron chi connectivity index (χ3n) is 3.82. The van der Waals surface area contributed by atoms with Crippen LogP contribution in [0.3, 0.4) is 0 Å². The number of hydrogen-bond acceptors (Lipinski definition) is 4. The standard InChI is InChI=1S/C20H13FO3S.C2H6/c21-13-3-1-12(2-4-13)19-17-10-7-15(23)11-18(17)25-20(19)24-16-8-5-14(22)6-9-16;1-2/h1-11,22-23H;1-2H3/i21-1;. The first-order chi connectivity index (χ1) is 13.1. The summed E-state index contributed by atoms with van der Waals surface area (Å²) in [4.78, 5) is 0. The van der Waals surface area contributed by atoms with Crippen LogP contribution in [0.25, 0.3) is 21.2 Å². The summed E-state index contributed by atoms with van der Waals surface area (Å²) >= 11 is 1.40. The lowest BCUT2D eigenvalue weighted by atomic mass is 10.0. The fourth-order valence-corrected chi connectivity index (χ4v) is 3.77. The number of ether oxygens (including phenoxy) is 1. The number of halogens is 1. The maximum atomic E-state index is 13.3. The second-order valence-electron chi connectivity index (χ2n) is 5.55. The third-order valence-corrected chi connectivity index (χ3v) is 4.85. The van der Waals surface area contributed by atoms with Crippen LogP contribution < -0.4 is 4.74 Å². The van der Waals surface area contributed by atoms with Gasteiger partial charge in [-0.3, -0.25) is 0 Å². The Labute approximate surface area is 160 Å². The lowest BCUT2D eigenvalue weighted by Gasteiger charge is -2.07. The average molecular weight is 381 g/mol. The van der Waals surface area contributed by atoms with E-state index in [1.165, 1.54) is 23.5 Å². The van der Waals surface area contributed by atoms with E-state index in [4.69, 9.17) is 4.74 Å². The normalized spacial score (nSPS) is 10.3. The molecule has 138 valence electrons. The predicted octanol–water partition coefficient (Wildman–Crippen LogP) is 6.94. The zero-order chi connectivity index (χ0) is 19.4. The Hall–Kier alpha value is -3.05. The number of rotatable bonds is 3. The van der Waals surface area contributed by atoms with Gasteiger partial charge in [0, 0.05) is 15.6 Å². The number of fused-ring (bicyclic) bond motifs is 1. The maximum absolute atomic E-state index is 13.3. The fourth-order valence-electron chi connectivity index (χ4n) is 2.65. The summed E-state index contributed by atoms with van der Waals surface area (Å²) in [5, 5.41) is 20.7. The van der Waals surface area contributed by atoms with Crippen LogP contribution in [0, 0.1) is 5.82 Å². The molecule has 27 heavy (non-hydrogen) atoms. The van der Waals surface area contributed by atoms with E-state index in [2.05, 4.69) is 0 Å². The molecule has 5 heteroatoms. The molecule has 0 fully saturated rings. The van der Waals surface area contributed by atoms with Crippen molar-refractivity contribution >= 4 is 21.4 Å². The maximum Gasteiger partial charge on any atom is 0.189 e. The molecule has 0 spiro atoms. The molecule has 0 atom stereocenters. The van der Waals surface area contributed by atoms with Gasteiger partial charge in [-0.15, -0.1) is 0 Å². The molecule has 0 aliphatic heterocycles. The first-order valence-corrected chi connectivity index (χ1v) is 9.40. The first kappa shape index (κ1) is 18.7. The Bertz CT molecular complexity index is 1040. The van der Waals surface area contributed by atoms with Crippen molar-refractivity contribution in [1.82, 2.24) is 0 Å². The summed E-state index contributed by atoms with van der Waals surface area (Å²) in [6.45, 7) is 4.00. The van der Waals surface area contributed by atoms with Crippen LogP contribution in [0.2, 0.25) is 0 Å². The highest BCUT2D eigenvalue weighted by atomic mass is 32.1. The van der Waals surface area contributed by atoms with Gasteiger partial charge < -0.3 is 14.9 Å². The Morgan fingerprint density at radius 1 is 0.815 bits per heavy atom. The Morgan fingerprint density at radius 3 is 2.11 bits per heavy atom. The summed E-state index contributed by atoms with van der Waals surface area (Å²) in [6, 6.07) is 17.8. The lowest BCUT2D eigenvalue weighted by molar-refractivity contribution is 0.468. The molecule has 2 N–H and O–H groups in total. The summed E-state index contributed by atoms with van der Waals surface area (Å²) in [5.41, 5.74) is 1.67. The molecular weight excluding hydrogens is 362 g/mol. The smallest absolute Gasteiger partial charge is 0.189 e. The van der Waals surface area contributed by atoms with Crippen molar-refractivity contribution in [3.8, 4) is 33.4 Å². The highest BCUT2D eigenvalue weighted by Crippen LogP contribution is 2.47. The van der Waals surface area contributed by atoms with E-state index in [0.717, 1.165) is 21.2 Å². The second kappa shape index (κ2) is 8.10. The molecule has 1 heterocycles. The zero-order valence-electron chi connectivity index (χ0n) is 14.9. The molecule has 0 amide bonds. The van der Waals surface area contributed by atoms with Crippen molar-refractivity contribution in [3.63, 3.8) is 0 Å². The molecule has 0 radical (unpaired) electrons. The second-order valence-corrected chi connectivity index (χ2v) is 6.56. The fraction of sp³-hybridized carbons (Fsp3) is 0.0909. The van der Waals surface area contributed by atoms with Crippen molar-refractivity contribution in [1.29, 1.82) is 0 Å². The van der Waals surface area contributed by atoms with Gasteiger partial charge in [0.1, 0.15) is 23.1 Å². The number of phenolic OH excluding ortho intramolecular Hbond substituents is 2. The summed E-state index contributed by atoms with van der Waals surface area (Å²) in [6.07, 6.45) is 0. The number of phenols is 2. The monoisotopic (exact) mass is 381 g/mol. The highest BCUT2D eigenvalue weighted by molar-refractivity contribution is 7.21. The molecule has 0 bridgehead atoms. The summed E-state index contributed by atoms with van der Waals surface area (Å²) in [5.74, 6) is 0.613. The molecule has 0 saturated carbocycles. The Kier molecular flexibility index (Phi) is 5.62. The molecule has 1 aromatic heterocycles. The minimum absolute atomic E-state index is 0.160. The van der Waals surface area contributed by atoms with Crippen molar-refractivity contribution < 1.29 is 19.3 Å². The van der Waals surface area contributed by atoms with E-state index in [1.54, 1.807) is 48.5 Å². The van der Waals surface area contributed by atoms with Gasteiger partial charge in [-0.2, -0.15) is 0 Å². The number of benzene rings is 3. The van der Waals surface area contributed by atoms with E-state index in [0.29, 0.717) is 10.8 Å². The van der Waals surface area contributed by atoms with E-state index in [1.807, 2.05) is 19.9 Å². The highest BCUT2D eigenvalue weighted by Gasteiger charge is 2.17. The van der Waals surface area contributed by atoms with Gasteiger partial charge in [0.15, 0.2) is 5.06 Å². The quantitative estimate of drug-likeness (QED) is 0.404. The molecule has 4 rings (SSSR count). The van der Waals surface area contributed by atoms with Crippen LogP contribution in [-0.2, 0) is 0 Å². The number of thiophene rings is 1. The van der Waals surface area contributed by atoms with Crippen LogP contribution in [0.4, 0.5) is 4.39 Å². The largest absolute Gasteiger partial charge is 0.508 e.